The second-order valence-electron chi connectivity index (χ2n) is 8.84. The summed E-state index contributed by atoms with van der Waals surface area (Å²) in [6.45, 7) is 5.85. The highest BCUT2D eigenvalue weighted by Gasteiger charge is 2.64. The van der Waals surface area contributed by atoms with Gasteiger partial charge in [-0.05, 0) is 61.8 Å². The molecule has 0 aromatic heterocycles. The molecule has 0 unspecified atom stereocenters. The molecule has 160 valence electrons. The summed E-state index contributed by atoms with van der Waals surface area (Å²) in [5.74, 6) is 0.454. The number of hydrogen-bond acceptors (Lipinski definition) is 4. The van der Waals surface area contributed by atoms with Crippen LogP contribution in [0.4, 0.5) is 0 Å². The highest BCUT2D eigenvalue weighted by Crippen LogP contribution is 2.62. The van der Waals surface area contributed by atoms with E-state index in [1.165, 1.54) is 6.07 Å². The molecule has 2 atom stereocenters. The summed E-state index contributed by atoms with van der Waals surface area (Å²) in [6.07, 6.45) is 3.53. The smallest absolute Gasteiger partial charge is 0.243 e. The molecule has 0 radical (unpaired) electrons. The highest BCUT2D eigenvalue weighted by molar-refractivity contribution is 7.89. The summed E-state index contributed by atoms with van der Waals surface area (Å²) in [4.78, 5) is 15.5. The molecule has 1 aromatic rings. The van der Waals surface area contributed by atoms with Crippen molar-refractivity contribution in [3.8, 4) is 0 Å². The first-order valence-corrected chi connectivity index (χ1v) is 12.3. The van der Waals surface area contributed by atoms with Crippen LogP contribution < -0.4 is 5.32 Å². The molecule has 1 spiro atoms. The lowest BCUT2D eigenvalue weighted by Gasteiger charge is -2.44. The molecule has 2 saturated heterocycles. The minimum absolute atomic E-state index is 0.0524. The standard InChI is InChI=1S/C21H30ClN3O3S/c1-3-24-14-18-20(7-8-21(18,15-24)19(26)23-2)9-11-25(12-10-20)29(27,28)17-6-4-5-16(22)13-17/h4-6,13,18H,3,7-12,14-15H2,1-2H3,(H,23,26)/t18-,21+/m0/s1. The molecular weight excluding hydrogens is 410 g/mol. The largest absolute Gasteiger partial charge is 0.359 e. The Morgan fingerprint density at radius 2 is 1.97 bits per heavy atom. The van der Waals surface area contributed by atoms with Crippen LogP contribution in [-0.4, -0.2) is 63.3 Å². The van der Waals surface area contributed by atoms with Crippen LogP contribution in [0.1, 0.15) is 32.6 Å². The van der Waals surface area contributed by atoms with Crippen molar-refractivity contribution in [2.24, 2.45) is 16.7 Å². The van der Waals surface area contributed by atoms with Gasteiger partial charge in [0, 0.05) is 38.2 Å². The van der Waals surface area contributed by atoms with E-state index >= 15 is 0 Å². The maximum Gasteiger partial charge on any atom is 0.243 e. The number of nitrogens with zero attached hydrogens (tertiary/aromatic N) is 2. The van der Waals surface area contributed by atoms with Gasteiger partial charge in [-0.2, -0.15) is 4.31 Å². The van der Waals surface area contributed by atoms with E-state index in [0.29, 0.717) is 24.0 Å². The fourth-order valence-corrected chi connectivity index (χ4v) is 7.81. The number of carbonyl (C=O) groups is 1. The molecule has 3 fully saturated rings. The van der Waals surface area contributed by atoms with Gasteiger partial charge in [0.25, 0.3) is 0 Å². The van der Waals surface area contributed by atoms with E-state index in [9.17, 15) is 13.2 Å². The maximum atomic E-state index is 13.1. The van der Waals surface area contributed by atoms with E-state index < -0.39 is 10.0 Å². The number of carbonyl (C=O) groups excluding carboxylic acids is 1. The van der Waals surface area contributed by atoms with Crippen LogP contribution in [0.5, 0.6) is 0 Å². The quantitative estimate of drug-likeness (QED) is 0.782. The number of amides is 1. The van der Waals surface area contributed by atoms with Gasteiger partial charge in [-0.15, -0.1) is 0 Å². The van der Waals surface area contributed by atoms with Gasteiger partial charge in [-0.1, -0.05) is 24.6 Å². The number of fused-ring (bicyclic) bond motifs is 2. The number of nitrogens with one attached hydrogen (secondary N) is 1. The molecular formula is C21H30ClN3O3S. The van der Waals surface area contributed by atoms with Crippen molar-refractivity contribution in [2.75, 3.05) is 39.8 Å². The number of sulfonamides is 1. The van der Waals surface area contributed by atoms with Gasteiger partial charge in [0.05, 0.1) is 10.3 Å². The predicted octanol–water partition coefficient (Wildman–Crippen LogP) is 2.59. The lowest BCUT2D eigenvalue weighted by molar-refractivity contribution is -0.132. The van der Waals surface area contributed by atoms with Crippen molar-refractivity contribution in [2.45, 2.75) is 37.5 Å². The normalized spacial score (nSPS) is 29.8. The van der Waals surface area contributed by atoms with Crippen LogP contribution in [0.15, 0.2) is 29.2 Å². The first-order chi connectivity index (χ1) is 13.8. The van der Waals surface area contributed by atoms with E-state index in [2.05, 4.69) is 17.1 Å². The van der Waals surface area contributed by atoms with Gasteiger partial charge < -0.3 is 10.2 Å². The number of halogens is 1. The molecule has 4 rings (SSSR count). The van der Waals surface area contributed by atoms with Crippen molar-refractivity contribution < 1.29 is 13.2 Å². The molecule has 1 amide bonds. The number of benzene rings is 1. The number of piperidine rings is 1. The zero-order valence-corrected chi connectivity index (χ0v) is 18.7. The van der Waals surface area contributed by atoms with Crippen molar-refractivity contribution in [1.82, 2.24) is 14.5 Å². The van der Waals surface area contributed by atoms with Crippen molar-refractivity contribution in [1.29, 1.82) is 0 Å². The van der Waals surface area contributed by atoms with Crippen LogP contribution in [0.25, 0.3) is 0 Å². The number of rotatable bonds is 4. The molecule has 3 aliphatic rings. The average Bonchev–Trinajstić information content (AvgIpc) is 3.25. The average molecular weight is 440 g/mol. The van der Waals surface area contributed by atoms with Gasteiger partial charge in [-0.25, -0.2) is 8.42 Å². The van der Waals surface area contributed by atoms with E-state index in [0.717, 1.165) is 45.3 Å². The lowest BCUT2D eigenvalue weighted by atomic mass is 9.66. The summed E-state index contributed by atoms with van der Waals surface area (Å²) < 4.78 is 27.8. The van der Waals surface area contributed by atoms with Gasteiger partial charge in [0.2, 0.25) is 15.9 Å². The zero-order valence-electron chi connectivity index (χ0n) is 17.2. The summed E-state index contributed by atoms with van der Waals surface area (Å²) in [5, 5.41) is 3.34. The Bertz CT molecular complexity index is 898. The van der Waals surface area contributed by atoms with Crippen molar-refractivity contribution >= 4 is 27.5 Å². The molecule has 29 heavy (non-hydrogen) atoms. The second kappa shape index (κ2) is 7.52. The van der Waals surface area contributed by atoms with Crippen LogP contribution in [0.3, 0.4) is 0 Å². The fraction of sp³-hybridized carbons (Fsp3) is 0.667. The van der Waals surface area contributed by atoms with E-state index in [4.69, 9.17) is 11.6 Å². The monoisotopic (exact) mass is 439 g/mol. The SMILES string of the molecule is CCN1C[C@H]2C3(CCN(S(=O)(=O)c4cccc(Cl)c4)CC3)CC[C@@]2(C(=O)NC)C1. The third kappa shape index (κ3) is 3.30. The molecule has 1 N–H and O–H groups in total. The summed E-state index contributed by atoms with van der Waals surface area (Å²) in [5.41, 5.74) is -0.268. The molecule has 2 heterocycles. The Morgan fingerprint density at radius 1 is 1.24 bits per heavy atom. The van der Waals surface area contributed by atoms with Gasteiger partial charge in [0.1, 0.15) is 0 Å². The summed E-state index contributed by atoms with van der Waals surface area (Å²) in [6, 6.07) is 6.48. The molecule has 1 saturated carbocycles. The predicted molar refractivity (Wildman–Crippen MR) is 113 cm³/mol. The molecule has 6 nitrogen and oxygen atoms in total. The Hall–Kier alpha value is -1.15. The van der Waals surface area contributed by atoms with Gasteiger partial charge >= 0.3 is 0 Å². The van der Waals surface area contributed by atoms with E-state index in [1.807, 2.05) is 0 Å². The topological polar surface area (TPSA) is 69.7 Å². The first-order valence-electron chi connectivity index (χ1n) is 10.5. The van der Waals surface area contributed by atoms with E-state index in [-0.39, 0.29) is 21.6 Å². The summed E-state index contributed by atoms with van der Waals surface area (Å²) in [7, 11) is -1.82. The Kier molecular flexibility index (Phi) is 5.47. The van der Waals surface area contributed by atoms with Gasteiger partial charge in [-0.3, -0.25) is 4.79 Å². The lowest BCUT2D eigenvalue weighted by Crippen LogP contribution is -2.49. The number of likely N-dealkylation sites (tertiary alicyclic amines) is 1. The molecule has 8 heteroatoms. The van der Waals surface area contributed by atoms with E-state index in [1.54, 1.807) is 29.6 Å². The molecule has 1 aliphatic carbocycles. The summed E-state index contributed by atoms with van der Waals surface area (Å²) >= 11 is 6.01. The third-order valence-electron chi connectivity index (χ3n) is 7.70. The third-order valence-corrected chi connectivity index (χ3v) is 9.83. The van der Waals surface area contributed by atoms with Crippen LogP contribution in [0, 0.1) is 16.7 Å². The molecule has 0 bridgehead atoms. The second-order valence-corrected chi connectivity index (χ2v) is 11.2. The highest BCUT2D eigenvalue weighted by atomic mass is 35.5. The minimum Gasteiger partial charge on any atom is -0.359 e. The Balaban J connectivity index is 1.55. The molecule has 2 aliphatic heterocycles. The van der Waals surface area contributed by atoms with Crippen molar-refractivity contribution in [3.63, 3.8) is 0 Å². The first kappa shape index (κ1) is 21.1. The van der Waals surface area contributed by atoms with Gasteiger partial charge in [0.15, 0.2) is 0 Å². The van der Waals surface area contributed by atoms with Crippen LogP contribution in [-0.2, 0) is 14.8 Å². The maximum absolute atomic E-state index is 13.1. The minimum atomic E-state index is -3.55. The molecule has 1 aromatic carbocycles. The number of hydrogen-bond donors (Lipinski definition) is 1. The van der Waals surface area contributed by atoms with Crippen LogP contribution >= 0.6 is 11.6 Å². The Labute approximate surface area is 178 Å². The van der Waals surface area contributed by atoms with Crippen LogP contribution in [0.2, 0.25) is 5.02 Å². The zero-order chi connectivity index (χ0) is 20.9. The Morgan fingerprint density at radius 3 is 2.59 bits per heavy atom. The van der Waals surface area contributed by atoms with Crippen molar-refractivity contribution in [3.05, 3.63) is 29.3 Å². The fourth-order valence-electron chi connectivity index (χ4n) is 6.07.